The highest BCUT2D eigenvalue weighted by Gasteiger charge is 2.27. The number of rotatable bonds is 4. The molecule has 1 aromatic carbocycles. The van der Waals surface area contributed by atoms with Crippen LogP contribution in [0.4, 0.5) is 0 Å². The molecule has 4 nitrogen and oxygen atoms in total. The molecule has 1 fully saturated rings. The summed E-state index contributed by atoms with van der Waals surface area (Å²) in [4.78, 5) is 13.3. The van der Waals surface area contributed by atoms with Gasteiger partial charge in [-0.1, -0.05) is 17.7 Å². The Kier molecular flexibility index (Phi) is 4.65. The van der Waals surface area contributed by atoms with Crippen LogP contribution in [0.5, 0.6) is 5.75 Å². The molecule has 1 aromatic rings. The van der Waals surface area contributed by atoms with Gasteiger partial charge in [-0.25, -0.2) is 0 Å². The summed E-state index contributed by atoms with van der Waals surface area (Å²) in [7, 11) is 0. The number of benzene rings is 1. The van der Waals surface area contributed by atoms with Crippen molar-refractivity contribution in [2.24, 2.45) is 5.92 Å². The summed E-state index contributed by atoms with van der Waals surface area (Å²) in [5.41, 5.74) is 2.12. The van der Waals surface area contributed by atoms with Crippen molar-refractivity contribution < 1.29 is 15.0 Å². The van der Waals surface area contributed by atoms with Crippen molar-refractivity contribution in [3.63, 3.8) is 0 Å². The van der Waals surface area contributed by atoms with Gasteiger partial charge in [0.1, 0.15) is 5.75 Å². The third-order valence-corrected chi connectivity index (χ3v) is 4.25. The molecule has 1 heterocycles. The van der Waals surface area contributed by atoms with E-state index in [1.165, 1.54) is 0 Å². The van der Waals surface area contributed by atoms with Gasteiger partial charge in [-0.2, -0.15) is 0 Å². The summed E-state index contributed by atoms with van der Waals surface area (Å²) >= 11 is 0. The molecule has 0 aromatic heterocycles. The van der Waals surface area contributed by atoms with Crippen molar-refractivity contribution in [3.05, 3.63) is 29.3 Å². The van der Waals surface area contributed by atoms with E-state index in [1.54, 1.807) is 6.07 Å². The van der Waals surface area contributed by atoms with Crippen LogP contribution in [-0.2, 0) is 11.2 Å². The number of aryl methyl sites for hydroxylation is 1. The van der Waals surface area contributed by atoms with Crippen LogP contribution in [0, 0.1) is 12.8 Å². The van der Waals surface area contributed by atoms with E-state index in [1.807, 2.05) is 19.1 Å². The lowest BCUT2D eigenvalue weighted by molar-refractivity contribution is -0.143. The predicted molar refractivity (Wildman–Crippen MR) is 77.9 cm³/mol. The molecule has 20 heavy (non-hydrogen) atoms. The summed E-state index contributed by atoms with van der Waals surface area (Å²) in [5.74, 6) is -0.512. The molecule has 0 aliphatic carbocycles. The summed E-state index contributed by atoms with van der Waals surface area (Å²) < 4.78 is 0. The summed E-state index contributed by atoms with van der Waals surface area (Å²) in [6.07, 6.45) is 2.24. The average Bonchev–Trinajstić information content (AvgIpc) is 2.43. The molecule has 1 aliphatic heterocycles. The van der Waals surface area contributed by atoms with Gasteiger partial charge in [0.05, 0.1) is 5.92 Å². The van der Waals surface area contributed by atoms with E-state index in [4.69, 9.17) is 5.11 Å². The normalized spacial score (nSPS) is 18.9. The van der Waals surface area contributed by atoms with E-state index in [2.05, 4.69) is 11.8 Å². The van der Waals surface area contributed by atoms with Gasteiger partial charge in [0.15, 0.2) is 0 Å². The first-order chi connectivity index (χ1) is 9.47. The van der Waals surface area contributed by atoms with Crippen molar-refractivity contribution >= 4 is 5.97 Å². The highest BCUT2D eigenvalue weighted by atomic mass is 16.4. The van der Waals surface area contributed by atoms with E-state index >= 15 is 0 Å². The van der Waals surface area contributed by atoms with Crippen LogP contribution in [0.25, 0.3) is 0 Å². The fourth-order valence-electron chi connectivity index (χ4n) is 2.91. The number of carboxylic acids is 1. The van der Waals surface area contributed by atoms with Crippen LogP contribution in [0.1, 0.15) is 30.9 Å². The lowest BCUT2D eigenvalue weighted by Gasteiger charge is -2.35. The van der Waals surface area contributed by atoms with E-state index in [0.29, 0.717) is 11.8 Å². The number of piperidine rings is 1. The van der Waals surface area contributed by atoms with Crippen LogP contribution in [-0.4, -0.2) is 40.2 Å². The molecule has 1 aliphatic rings. The second kappa shape index (κ2) is 6.27. The monoisotopic (exact) mass is 277 g/mol. The lowest BCUT2D eigenvalue weighted by atomic mass is 9.94. The number of aromatic hydroxyl groups is 1. The minimum absolute atomic E-state index is 0.189. The molecule has 4 heteroatoms. The van der Waals surface area contributed by atoms with E-state index in [-0.39, 0.29) is 5.92 Å². The number of hydrogen-bond donors (Lipinski definition) is 2. The smallest absolute Gasteiger partial charge is 0.306 e. The number of nitrogens with zero attached hydrogens (tertiary/aromatic N) is 1. The highest BCUT2D eigenvalue weighted by molar-refractivity contribution is 5.70. The molecule has 0 amide bonds. The Hall–Kier alpha value is -1.55. The van der Waals surface area contributed by atoms with Crippen molar-refractivity contribution in [3.8, 4) is 5.75 Å². The molecule has 0 spiro atoms. The van der Waals surface area contributed by atoms with E-state index < -0.39 is 5.97 Å². The van der Waals surface area contributed by atoms with Crippen molar-refractivity contribution in [1.82, 2.24) is 4.90 Å². The Balaban J connectivity index is 1.94. The third kappa shape index (κ3) is 3.51. The summed E-state index contributed by atoms with van der Waals surface area (Å²) in [6.45, 7) is 5.81. The number of aliphatic carboxylic acids is 1. The number of hydrogen-bond acceptors (Lipinski definition) is 3. The van der Waals surface area contributed by atoms with Crippen molar-refractivity contribution in [2.45, 2.75) is 39.2 Å². The number of phenols is 1. The minimum Gasteiger partial charge on any atom is -0.508 e. The first-order valence-electron chi connectivity index (χ1n) is 7.22. The van der Waals surface area contributed by atoms with Crippen LogP contribution in [0.15, 0.2) is 18.2 Å². The fourth-order valence-corrected chi connectivity index (χ4v) is 2.91. The molecule has 1 saturated heterocycles. The topological polar surface area (TPSA) is 60.8 Å². The maximum Gasteiger partial charge on any atom is 0.306 e. The van der Waals surface area contributed by atoms with Gasteiger partial charge < -0.3 is 15.1 Å². The number of likely N-dealkylation sites (tertiary alicyclic amines) is 1. The minimum atomic E-state index is -0.673. The molecule has 1 atom stereocenters. The first-order valence-corrected chi connectivity index (χ1v) is 7.22. The van der Waals surface area contributed by atoms with Gasteiger partial charge in [-0.3, -0.25) is 4.79 Å². The maximum absolute atomic E-state index is 11.0. The van der Waals surface area contributed by atoms with Crippen LogP contribution < -0.4 is 0 Å². The van der Waals surface area contributed by atoms with Crippen LogP contribution >= 0.6 is 0 Å². The molecule has 0 bridgehead atoms. The number of carboxylic acid groups (broad SMARTS) is 1. The van der Waals surface area contributed by atoms with Gasteiger partial charge in [0.25, 0.3) is 0 Å². The largest absolute Gasteiger partial charge is 0.508 e. The molecule has 0 radical (unpaired) electrons. The van der Waals surface area contributed by atoms with Crippen molar-refractivity contribution in [1.29, 1.82) is 0 Å². The standard InChI is InChI=1S/C16H23NO3/c1-11-3-4-15(18)14(9-11)10-12(2)17-7-5-13(6-8-17)16(19)20/h3-4,9,12-13,18H,5-8,10H2,1-2H3,(H,19,20). The molecule has 2 rings (SSSR count). The molecule has 110 valence electrons. The Morgan fingerprint density at radius 3 is 2.65 bits per heavy atom. The lowest BCUT2D eigenvalue weighted by Crippen LogP contribution is -2.42. The van der Waals surface area contributed by atoms with Gasteiger partial charge in [0.2, 0.25) is 0 Å². The van der Waals surface area contributed by atoms with Gasteiger partial charge >= 0.3 is 5.97 Å². The Morgan fingerprint density at radius 1 is 1.40 bits per heavy atom. The molecule has 1 unspecified atom stereocenters. The Morgan fingerprint density at radius 2 is 2.05 bits per heavy atom. The van der Waals surface area contributed by atoms with Crippen molar-refractivity contribution in [2.75, 3.05) is 13.1 Å². The quantitative estimate of drug-likeness (QED) is 0.887. The zero-order chi connectivity index (χ0) is 14.7. The summed E-state index contributed by atoms with van der Waals surface area (Å²) in [5, 5.41) is 18.9. The zero-order valence-corrected chi connectivity index (χ0v) is 12.2. The van der Waals surface area contributed by atoms with Gasteiger partial charge in [0, 0.05) is 6.04 Å². The second-order valence-corrected chi connectivity index (χ2v) is 5.83. The fraction of sp³-hybridized carbons (Fsp3) is 0.562. The molecular weight excluding hydrogens is 254 g/mol. The van der Waals surface area contributed by atoms with Gasteiger partial charge in [-0.05, 0) is 57.8 Å². The molecule has 0 saturated carbocycles. The Bertz CT molecular complexity index is 479. The molecular formula is C16H23NO3. The maximum atomic E-state index is 11.0. The van der Waals surface area contributed by atoms with E-state index in [9.17, 15) is 9.90 Å². The van der Waals surface area contributed by atoms with E-state index in [0.717, 1.165) is 43.5 Å². The first kappa shape index (κ1) is 14.9. The number of phenolic OH excluding ortho intramolecular Hbond substituents is 1. The van der Waals surface area contributed by atoms with Crippen LogP contribution in [0.3, 0.4) is 0 Å². The second-order valence-electron chi connectivity index (χ2n) is 5.83. The zero-order valence-electron chi connectivity index (χ0n) is 12.2. The SMILES string of the molecule is Cc1ccc(O)c(CC(C)N2CCC(C(=O)O)CC2)c1. The highest BCUT2D eigenvalue weighted by Crippen LogP contribution is 2.24. The molecule has 2 N–H and O–H groups in total. The Labute approximate surface area is 120 Å². The predicted octanol–water partition coefficient (Wildman–Crippen LogP) is 2.43. The third-order valence-electron chi connectivity index (χ3n) is 4.25. The van der Waals surface area contributed by atoms with Crippen LogP contribution in [0.2, 0.25) is 0 Å². The number of carbonyl (C=O) groups is 1. The summed E-state index contributed by atoms with van der Waals surface area (Å²) in [6, 6.07) is 5.99. The average molecular weight is 277 g/mol. The van der Waals surface area contributed by atoms with Gasteiger partial charge in [-0.15, -0.1) is 0 Å².